The number of rotatable bonds is 7. The molecule has 0 saturated carbocycles. The van der Waals surface area contributed by atoms with Crippen LogP contribution in [0.25, 0.3) is 22.5 Å². The van der Waals surface area contributed by atoms with Gasteiger partial charge in [0.1, 0.15) is 11.6 Å². The smallest absolute Gasteiger partial charge is 0.255 e. The number of nitrogens with zero attached hydrogens (tertiary/aromatic N) is 2. The van der Waals surface area contributed by atoms with E-state index in [2.05, 4.69) is 20.6 Å². The van der Waals surface area contributed by atoms with Crippen molar-refractivity contribution in [3.8, 4) is 28.3 Å². The standard InChI is InChI=1S/C25H23N5O3S/c1-15(31)27-21-14-16(11-12-26-21)22-23(30-25(29-22)34-3)19-9-4-5-10-20(19)28-24(32)17-7-6-8-18(13-17)33-2/h4-14H,1-3H3,(H,28,32)(H,29,30)(H,26,27,31). The maximum absolute atomic E-state index is 13.0. The number of aromatic nitrogens is 3. The number of methoxy groups -OCH3 is 1. The van der Waals surface area contributed by atoms with Gasteiger partial charge in [-0.05, 0) is 42.7 Å². The Balaban J connectivity index is 1.74. The number of anilines is 2. The predicted octanol–water partition coefficient (Wildman–Crippen LogP) is 5.08. The van der Waals surface area contributed by atoms with Gasteiger partial charge in [-0.1, -0.05) is 36.0 Å². The number of carbonyl (C=O) groups excluding carboxylic acids is 2. The molecule has 3 N–H and O–H groups in total. The average Bonchev–Trinajstić information content (AvgIpc) is 3.28. The number of para-hydroxylation sites is 1. The summed E-state index contributed by atoms with van der Waals surface area (Å²) in [5, 5.41) is 6.42. The number of imidazole rings is 1. The monoisotopic (exact) mass is 473 g/mol. The molecule has 0 fully saturated rings. The number of hydrogen-bond acceptors (Lipinski definition) is 6. The van der Waals surface area contributed by atoms with Crippen LogP contribution in [-0.2, 0) is 4.79 Å². The van der Waals surface area contributed by atoms with Gasteiger partial charge in [0.15, 0.2) is 5.16 Å². The van der Waals surface area contributed by atoms with Crippen LogP contribution in [0.15, 0.2) is 72.0 Å². The van der Waals surface area contributed by atoms with Gasteiger partial charge in [0.2, 0.25) is 5.91 Å². The van der Waals surface area contributed by atoms with Crippen molar-refractivity contribution in [1.29, 1.82) is 0 Å². The minimum absolute atomic E-state index is 0.206. The number of nitrogens with one attached hydrogen (secondary N) is 3. The van der Waals surface area contributed by atoms with Gasteiger partial charge in [-0.25, -0.2) is 9.97 Å². The van der Waals surface area contributed by atoms with E-state index < -0.39 is 0 Å². The number of benzene rings is 2. The number of thioether (sulfide) groups is 1. The first-order chi connectivity index (χ1) is 16.5. The van der Waals surface area contributed by atoms with Crippen molar-refractivity contribution in [2.24, 2.45) is 0 Å². The van der Waals surface area contributed by atoms with Gasteiger partial charge in [0, 0.05) is 29.8 Å². The molecule has 0 aliphatic rings. The van der Waals surface area contributed by atoms with Crippen LogP contribution in [-0.4, -0.2) is 40.1 Å². The van der Waals surface area contributed by atoms with Crippen molar-refractivity contribution in [2.75, 3.05) is 24.0 Å². The van der Waals surface area contributed by atoms with Crippen molar-refractivity contribution >= 4 is 35.1 Å². The van der Waals surface area contributed by atoms with Gasteiger partial charge >= 0.3 is 0 Å². The number of carbonyl (C=O) groups is 2. The van der Waals surface area contributed by atoms with Crippen molar-refractivity contribution in [3.05, 3.63) is 72.4 Å². The topological polar surface area (TPSA) is 109 Å². The Labute approximate surface area is 201 Å². The Morgan fingerprint density at radius 1 is 1.03 bits per heavy atom. The van der Waals surface area contributed by atoms with E-state index in [1.54, 1.807) is 43.6 Å². The lowest BCUT2D eigenvalue weighted by Crippen LogP contribution is -2.12. The molecule has 0 spiro atoms. The largest absolute Gasteiger partial charge is 0.497 e. The normalized spacial score (nSPS) is 10.6. The summed E-state index contributed by atoms with van der Waals surface area (Å²) in [5.74, 6) is 0.579. The number of aromatic amines is 1. The number of H-pyrrole nitrogens is 1. The molecule has 2 aromatic heterocycles. The van der Waals surface area contributed by atoms with Gasteiger partial charge in [-0.3, -0.25) is 9.59 Å². The minimum Gasteiger partial charge on any atom is -0.497 e. The summed E-state index contributed by atoms with van der Waals surface area (Å²) in [6.07, 6.45) is 3.55. The fourth-order valence-electron chi connectivity index (χ4n) is 3.45. The highest BCUT2D eigenvalue weighted by Crippen LogP contribution is 2.36. The third-order valence-electron chi connectivity index (χ3n) is 4.99. The second-order valence-corrected chi connectivity index (χ2v) is 8.11. The summed E-state index contributed by atoms with van der Waals surface area (Å²) in [7, 11) is 1.56. The summed E-state index contributed by atoms with van der Waals surface area (Å²) in [4.78, 5) is 36.7. The summed E-state index contributed by atoms with van der Waals surface area (Å²) in [6.45, 7) is 1.43. The molecule has 0 radical (unpaired) electrons. The van der Waals surface area contributed by atoms with E-state index in [0.717, 1.165) is 22.0 Å². The van der Waals surface area contributed by atoms with E-state index in [9.17, 15) is 9.59 Å². The Morgan fingerprint density at radius 2 is 1.85 bits per heavy atom. The molecule has 0 aliphatic heterocycles. The quantitative estimate of drug-likeness (QED) is 0.323. The summed E-state index contributed by atoms with van der Waals surface area (Å²) >= 11 is 1.48. The average molecular weight is 474 g/mol. The van der Waals surface area contributed by atoms with E-state index in [1.165, 1.54) is 18.7 Å². The molecule has 0 unspecified atom stereocenters. The van der Waals surface area contributed by atoms with Crippen LogP contribution in [0.2, 0.25) is 0 Å². The number of hydrogen-bond donors (Lipinski definition) is 3. The van der Waals surface area contributed by atoms with E-state index in [4.69, 9.17) is 9.72 Å². The van der Waals surface area contributed by atoms with Gasteiger partial charge in [0.25, 0.3) is 5.91 Å². The second-order valence-electron chi connectivity index (χ2n) is 7.31. The highest BCUT2D eigenvalue weighted by molar-refractivity contribution is 7.98. The maximum atomic E-state index is 13.0. The Morgan fingerprint density at radius 3 is 2.62 bits per heavy atom. The van der Waals surface area contributed by atoms with Crippen molar-refractivity contribution < 1.29 is 14.3 Å². The molecule has 0 atom stereocenters. The lowest BCUT2D eigenvalue weighted by atomic mass is 10.0. The maximum Gasteiger partial charge on any atom is 0.255 e. The third kappa shape index (κ3) is 5.10. The molecule has 172 valence electrons. The molecule has 2 amide bonds. The third-order valence-corrected chi connectivity index (χ3v) is 5.57. The lowest BCUT2D eigenvalue weighted by Gasteiger charge is -2.12. The molecule has 9 heteroatoms. The first-order valence-corrected chi connectivity index (χ1v) is 11.6. The fraction of sp³-hybridized carbons (Fsp3) is 0.120. The SMILES string of the molecule is COc1cccc(C(=O)Nc2ccccc2-c2[nH]c(SC)nc2-c2ccnc(NC(C)=O)c2)c1. The van der Waals surface area contributed by atoms with Gasteiger partial charge < -0.3 is 20.4 Å². The highest BCUT2D eigenvalue weighted by atomic mass is 32.2. The second kappa shape index (κ2) is 10.2. The molecular weight excluding hydrogens is 450 g/mol. The zero-order valence-corrected chi connectivity index (χ0v) is 19.7. The van der Waals surface area contributed by atoms with Crippen LogP contribution >= 0.6 is 11.8 Å². The molecule has 34 heavy (non-hydrogen) atoms. The van der Waals surface area contributed by atoms with Crippen molar-refractivity contribution in [2.45, 2.75) is 12.1 Å². The lowest BCUT2D eigenvalue weighted by molar-refractivity contribution is -0.114. The van der Waals surface area contributed by atoms with E-state index in [1.807, 2.05) is 36.6 Å². The van der Waals surface area contributed by atoms with Crippen LogP contribution in [0.1, 0.15) is 17.3 Å². The highest BCUT2D eigenvalue weighted by Gasteiger charge is 2.19. The molecule has 8 nitrogen and oxygen atoms in total. The summed E-state index contributed by atoms with van der Waals surface area (Å²) in [6, 6.07) is 18.1. The number of ether oxygens (including phenoxy) is 1. The molecule has 4 rings (SSSR count). The van der Waals surface area contributed by atoms with Crippen LogP contribution < -0.4 is 15.4 Å². The van der Waals surface area contributed by atoms with E-state index in [-0.39, 0.29) is 11.8 Å². The first-order valence-electron chi connectivity index (χ1n) is 10.4. The van der Waals surface area contributed by atoms with Crippen LogP contribution in [0.4, 0.5) is 11.5 Å². The Kier molecular flexibility index (Phi) is 6.93. The molecule has 2 heterocycles. The van der Waals surface area contributed by atoms with Crippen LogP contribution in [0.3, 0.4) is 0 Å². The van der Waals surface area contributed by atoms with Crippen molar-refractivity contribution in [1.82, 2.24) is 15.0 Å². The van der Waals surface area contributed by atoms with Crippen LogP contribution in [0, 0.1) is 0 Å². The Bertz CT molecular complexity index is 1350. The fourth-order valence-corrected chi connectivity index (χ4v) is 3.83. The first kappa shape index (κ1) is 23.1. The molecule has 0 aliphatic carbocycles. The zero-order valence-electron chi connectivity index (χ0n) is 18.9. The summed E-state index contributed by atoms with van der Waals surface area (Å²) in [5.41, 5.74) is 4.09. The minimum atomic E-state index is -0.255. The van der Waals surface area contributed by atoms with Gasteiger partial charge in [0.05, 0.1) is 24.2 Å². The van der Waals surface area contributed by atoms with Gasteiger partial charge in [-0.15, -0.1) is 0 Å². The predicted molar refractivity (Wildman–Crippen MR) is 134 cm³/mol. The Hall–Kier alpha value is -4.11. The molecule has 0 saturated heterocycles. The van der Waals surface area contributed by atoms with Crippen LogP contribution in [0.5, 0.6) is 5.75 Å². The number of amides is 2. The summed E-state index contributed by atoms with van der Waals surface area (Å²) < 4.78 is 5.23. The van der Waals surface area contributed by atoms with Gasteiger partial charge in [-0.2, -0.15) is 0 Å². The van der Waals surface area contributed by atoms with E-state index in [0.29, 0.717) is 28.5 Å². The molecular formula is C25H23N5O3S. The number of pyridine rings is 1. The van der Waals surface area contributed by atoms with Crippen molar-refractivity contribution in [3.63, 3.8) is 0 Å². The molecule has 4 aromatic rings. The zero-order chi connectivity index (χ0) is 24.1. The van der Waals surface area contributed by atoms with E-state index >= 15 is 0 Å². The molecule has 2 aromatic carbocycles. The molecule has 0 bridgehead atoms.